The van der Waals surface area contributed by atoms with Crippen molar-refractivity contribution in [3.05, 3.63) is 30.3 Å². The summed E-state index contributed by atoms with van der Waals surface area (Å²) in [5, 5.41) is 6.40. The summed E-state index contributed by atoms with van der Waals surface area (Å²) in [5.41, 5.74) is 0. The standard InChI is InChI=1S/C15H22N2O2/c1-2-16-12-8-10-13(11-9-12)17-15(18)19-14-6-4-3-5-7-14/h3-7,12-13,16H,2,8-11H2,1H3,(H,17,18). The smallest absolute Gasteiger partial charge is 0.410 e. The molecule has 0 atom stereocenters. The Morgan fingerprint density at radius 3 is 2.42 bits per heavy atom. The lowest BCUT2D eigenvalue weighted by atomic mass is 9.91. The first-order valence-electron chi connectivity index (χ1n) is 7.04. The molecule has 0 saturated heterocycles. The Balaban J connectivity index is 1.72. The van der Waals surface area contributed by atoms with E-state index in [9.17, 15) is 4.79 Å². The van der Waals surface area contributed by atoms with Crippen molar-refractivity contribution in [3.8, 4) is 5.75 Å². The highest BCUT2D eigenvalue weighted by Crippen LogP contribution is 2.19. The largest absolute Gasteiger partial charge is 0.412 e. The molecular formula is C15H22N2O2. The summed E-state index contributed by atoms with van der Waals surface area (Å²) in [6.07, 6.45) is 3.91. The lowest BCUT2D eigenvalue weighted by Crippen LogP contribution is -2.43. The van der Waals surface area contributed by atoms with Crippen molar-refractivity contribution in [1.29, 1.82) is 0 Å². The van der Waals surface area contributed by atoms with Crippen LogP contribution in [0.3, 0.4) is 0 Å². The highest BCUT2D eigenvalue weighted by Gasteiger charge is 2.22. The van der Waals surface area contributed by atoms with Crippen LogP contribution in [0.1, 0.15) is 32.6 Å². The Hall–Kier alpha value is -1.55. The second-order valence-electron chi connectivity index (χ2n) is 4.95. The van der Waals surface area contributed by atoms with Gasteiger partial charge in [-0.3, -0.25) is 0 Å². The van der Waals surface area contributed by atoms with Crippen molar-refractivity contribution in [1.82, 2.24) is 10.6 Å². The van der Waals surface area contributed by atoms with Crippen LogP contribution in [0.2, 0.25) is 0 Å². The van der Waals surface area contributed by atoms with E-state index in [0.29, 0.717) is 11.8 Å². The molecule has 0 spiro atoms. The normalized spacial score (nSPS) is 22.8. The van der Waals surface area contributed by atoms with E-state index in [-0.39, 0.29) is 12.1 Å². The number of benzene rings is 1. The number of para-hydroxylation sites is 1. The monoisotopic (exact) mass is 262 g/mol. The molecular weight excluding hydrogens is 240 g/mol. The van der Waals surface area contributed by atoms with Crippen LogP contribution in [0.25, 0.3) is 0 Å². The minimum absolute atomic E-state index is 0.242. The molecule has 0 aromatic heterocycles. The molecule has 4 heteroatoms. The van der Waals surface area contributed by atoms with Gasteiger partial charge in [0, 0.05) is 12.1 Å². The first kappa shape index (κ1) is 13.9. The fourth-order valence-corrected chi connectivity index (χ4v) is 2.52. The molecule has 1 aromatic carbocycles. The maximum Gasteiger partial charge on any atom is 0.412 e. The van der Waals surface area contributed by atoms with Crippen LogP contribution in [0.4, 0.5) is 4.79 Å². The third-order valence-corrected chi connectivity index (χ3v) is 3.50. The van der Waals surface area contributed by atoms with Gasteiger partial charge >= 0.3 is 6.09 Å². The number of carbonyl (C=O) groups excluding carboxylic acids is 1. The zero-order valence-corrected chi connectivity index (χ0v) is 11.4. The molecule has 1 amide bonds. The van der Waals surface area contributed by atoms with E-state index >= 15 is 0 Å². The van der Waals surface area contributed by atoms with E-state index in [0.717, 1.165) is 32.2 Å². The first-order chi connectivity index (χ1) is 9.28. The van der Waals surface area contributed by atoms with Gasteiger partial charge in [0.15, 0.2) is 0 Å². The number of nitrogens with one attached hydrogen (secondary N) is 2. The topological polar surface area (TPSA) is 50.4 Å². The van der Waals surface area contributed by atoms with Gasteiger partial charge < -0.3 is 15.4 Å². The quantitative estimate of drug-likeness (QED) is 0.877. The van der Waals surface area contributed by atoms with Gasteiger partial charge in [-0.2, -0.15) is 0 Å². The summed E-state index contributed by atoms with van der Waals surface area (Å²) in [5.74, 6) is 0.585. The maximum atomic E-state index is 11.7. The number of hydrogen-bond acceptors (Lipinski definition) is 3. The Bertz CT molecular complexity index is 386. The van der Waals surface area contributed by atoms with Crippen molar-refractivity contribution < 1.29 is 9.53 Å². The van der Waals surface area contributed by atoms with E-state index in [1.807, 2.05) is 18.2 Å². The third kappa shape index (κ3) is 4.56. The van der Waals surface area contributed by atoms with Gasteiger partial charge in [0.05, 0.1) is 0 Å². The van der Waals surface area contributed by atoms with Crippen LogP contribution >= 0.6 is 0 Å². The van der Waals surface area contributed by atoms with Gasteiger partial charge in [-0.15, -0.1) is 0 Å². The highest BCUT2D eigenvalue weighted by molar-refractivity contribution is 5.70. The SMILES string of the molecule is CCNC1CCC(NC(=O)Oc2ccccc2)CC1. The Morgan fingerprint density at radius 2 is 1.79 bits per heavy atom. The summed E-state index contributed by atoms with van der Waals surface area (Å²) in [4.78, 5) is 11.7. The van der Waals surface area contributed by atoms with Crippen LogP contribution < -0.4 is 15.4 Å². The molecule has 1 saturated carbocycles. The number of carbonyl (C=O) groups is 1. The molecule has 1 aromatic rings. The minimum atomic E-state index is -0.349. The Labute approximate surface area is 114 Å². The summed E-state index contributed by atoms with van der Waals surface area (Å²) < 4.78 is 5.23. The van der Waals surface area contributed by atoms with Crippen molar-refractivity contribution in [2.45, 2.75) is 44.7 Å². The molecule has 0 heterocycles. The summed E-state index contributed by atoms with van der Waals surface area (Å²) >= 11 is 0. The van der Waals surface area contributed by atoms with Gasteiger partial charge in [-0.05, 0) is 44.4 Å². The second-order valence-corrected chi connectivity index (χ2v) is 4.95. The number of ether oxygens (including phenoxy) is 1. The van der Waals surface area contributed by atoms with Crippen LogP contribution in [-0.4, -0.2) is 24.7 Å². The van der Waals surface area contributed by atoms with E-state index in [1.165, 1.54) is 0 Å². The zero-order chi connectivity index (χ0) is 13.5. The molecule has 0 bridgehead atoms. The van der Waals surface area contributed by atoms with Gasteiger partial charge in [-0.25, -0.2) is 4.79 Å². The van der Waals surface area contributed by atoms with E-state index in [4.69, 9.17) is 4.74 Å². The molecule has 104 valence electrons. The minimum Gasteiger partial charge on any atom is -0.410 e. The van der Waals surface area contributed by atoms with E-state index in [2.05, 4.69) is 17.6 Å². The van der Waals surface area contributed by atoms with Crippen molar-refractivity contribution >= 4 is 6.09 Å². The van der Waals surface area contributed by atoms with Gasteiger partial charge in [-0.1, -0.05) is 25.1 Å². The fourth-order valence-electron chi connectivity index (χ4n) is 2.52. The summed E-state index contributed by atoms with van der Waals surface area (Å²) in [6.45, 7) is 3.14. The summed E-state index contributed by atoms with van der Waals surface area (Å²) in [6, 6.07) is 10.0. The lowest BCUT2D eigenvalue weighted by molar-refractivity contribution is 0.190. The van der Waals surface area contributed by atoms with Crippen LogP contribution in [0.5, 0.6) is 5.75 Å². The molecule has 1 aliphatic rings. The predicted molar refractivity (Wildman–Crippen MR) is 75.3 cm³/mol. The summed E-state index contributed by atoms with van der Waals surface area (Å²) in [7, 11) is 0. The first-order valence-corrected chi connectivity index (χ1v) is 7.04. The van der Waals surface area contributed by atoms with Crippen LogP contribution in [0.15, 0.2) is 30.3 Å². The third-order valence-electron chi connectivity index (χ3n) is 3.50. The van der Waals surface area contributed by atoms with Crippen molar-refractivity contribution in [2.75, 3.05) is 6.54 Å². The predicted octanol–water partition coefficient (Wildman–Crippen LogP) is 2.70. The Kier molecular flexibility index (Phi) is 5.21. The highest BCUT2D eigenvalue weighted by atomic mass is 16.6. The van der Waals surface area contributed by atoms with Gasteiger partial charge in [0.25, 0.3) is 0 Å². The molecule has 2 N–H and O–H groups in total. The molecule has 2 rings (SSSR count). The molecule has 0 radical (unpaired) electrons. The van der Waals surface area contributed by atoms with Crippen molar-refractivity contribution in [2.24, 2.45) is 0 Å². The number of hydrogen-bond donors (Lipinski definition) is 2. The molecule has 4 nitrogen and oxygen atoms in total. The second kappa shape index (κ2) is 7.14. The fraction of sp³-hybridized carbons (Fsp3) is 0.533. The average Bonchev–Trinajstić information content (AvgIpc) is 2.42. The van der Waals surface area contributed by atoms with E-state index in [1.54, 1.807) is 12.1 Å². The molecule has 19 heavy (non-hydrogen) atoms. The van der Waals surface area contributed by atoms with Crippen LogP contribution in [0, 0.1) is 0 Å². The van der Waals surface area contributed by atoms with E-state index < -0.39 is 0 Å². The lowest BCUT2D eigenvalue weighted by Gasteiger charge is -2.29. The zero-order valence-electron chi connectivity index (χ0n) is 11.4. The van der Waals surface area contributed by atoms with Gasteiger partial charge in [0.2, 0.25) is 0 Å². The van der Waals surface area contributed by atoms with Gasteiger partial charge in [0.1, 0.15) is 5.75 Å². The molecule has 1 fully saturated rings. The van der Waals surface area contributed by atoms with Crippen molar-refractivity contribution in [3.63, 3.8) is 0 Å². The number of rotatable bonds is 4. The maximum absolute atomic E-state index is 11.7. The molecule has 1 aliphatic carbocycles. The molecule has 0 aliphatic heterocycles. The number of amides is 1. The average molecular weight is 262 g/mol. The Morgan fingerprint density at radius 1 is 1.16 bits per heavy atom. The molecule has 0 unspecified atom stereocenters. The van der Waals surface area contributed by atoms with Crippen LogP contribution in [-0.2, 0) is 0 Å².